The van der Waals surface area contributed by atoms with Crippen molar-refractivity contribution in [3.05, 3.63) is 21.4 Å². The summed E-state index contributed by atoms with van der Waals surface area (Å²) in [5.74, 6) is 0.117. The predicted octanol–water partition coefficient (Wildman–Crippen LogP) is 2.92. The van der Waals surface area contributed by atoms with Crippen LogP contribution in [0.2, 0.25) is 0 Å². The largest absolute Gasteiger partial charge is 0.350 e. The van der Waals surface area contributed by atoms with Crippen LogP contribution in [-0.2, 0) is 12.8 Å². The van der Waals surface area contributed by atoms with Crippen LogP contribution in [0.15, 0.2) is 6.07 Å². The number of aryl methyl sites for hydroxylation is 2. The first kappa shape index (κ1) is 15.8. The molecule has 1 saturated heterocycles. The van der Waals surface area contributed by atoms with E-state index in [4.69, 9.17) is 0 Å². The van der Waals surface area contributed by atoms with Gasteiger partial charge in [0.05, 0.1) is 4.88 Å². The number of halogens is 1. The van der Waals surface area contributed by atoms with Crippen LogP contribution < -0.4 is 10.6 Å². The average Bonchev–Trinajstić information content (AvgIpc) is 3.02. The number of hydrogen-bond donors (Lipinski definition) is 2. The van der Waals surface area contributed by atoms with E-state index in [9.17, 15) is 4.79 Å². The Bertz CT molecular complexity index is 431. The van der Waals surface area contributed by atoms with Crippen LogP contribution in [0, 0.1) is 0 Å². The lowest BCUT2D eigenvalue weighted by molar-refractivity contribution is 0.0954. The Morgan fingerprint density at radius 1 is 1.30 bits per heavy atom. The predicted molar refractivity (Wildman–Crippen MR) is 86.2 cm³/mol. The fourth-order valence-corrected chi connectivity index (χ4v) is 4.18. The zero-order valence-corrected chi connectivity index (χ0v) is 13.4. The molecule has 0 bridgehead atoms. The summed E-state index contributed by atoms with van der Waals surface area (Å²) in [4.78, 5) is 14.5. The third-order valence-corrected chi connectivity index (χ3v) is 5.38. The Balaban J connectivity index is 0.00000147. The van der Waals surface area contributed by atoms with E-state index < -0.39 is 0 Å². The Morgan fingerprint density at radius 2 is 2.15 bits per heavy atom. The van der Waals surface area contributed by atoms with Crippen molar-refractivity contribution in [3.63, 3.8) is 0 Å². The zero-order chi connectivity index (χ0) is 13.1. The summed E-state index contributed by atoms with van der Waals surface area (Å²) in [7, 11) is 0. The van der Waals surface area contributed by atoms with Gasteiger partial charge in [-0.3, -0.25) is 4.79 Å². The van der Waals surface area contributed by atoms with Crippen molar-refractivity contribution < 1.29 is 4.79 Å². The highest BCUT2D eigenvalue weighted by atomic mass is 35.5. The number of thiophene rings is 1. The van der Waals surface area contributed by atoms with Crippen LogP contribution in [0.3, 0.4) is 0 Å². The van der Waals surface area contributed by atoms with Gasteiger partial charge in [-0.05, 0) is 56.7 Å². The molecule has 2 aliphatic rings. The van der Waals surface area contributed by atoms with Crippen LogP contribution in [-0.4, -0.2) is 25.0 Å². The first-order valence-electron chi connectivity index (χ1n) is 7.46. The van der Waals surface area contributed by atoms with Crippen LogP contribution in [0.4, 0.5) is 0 Å². The minimum atomic E-state index is 0. The van der Waals surface area contributed by atoms with Gasteiger partial charge in [0.25, 0.3) is 5.91 Å². The van der Waals surface area contributed by atoms with E-state index in [1.165, 1.54) is 42.5 Å². The quantitative estimate of drug-likeness (QED) is 0.842. The molecule has 1 aliphatic carbocycles. The van der Waals surface area contributed by atoms with Crippen molar-refractivity contribution in [1.82, 2.24) is 10.6 Å². The highest BCUT2D eigenvalue weighted by Crippen LogP contribution is 2.28. The summed E-state index contributed by atoms with van der Waals surface area (Å²) >= 11 is 1.71. The molecule has 1 unspecified atom stereocenters. The van der Waals surface area contributed by atoms with E-state index in [1.54, 1.807) is 11.3 Å². The van der Waals surface area contributed by atoms with Crippen molar-refractivity contribution in [3.8, 4) is 0 Å². The van der Waals surface area contributed by atoms with Crippen molar-refractivity contribution >= 4 is 29.7 Å². The molecule has 1 aromatic rings. The molecule has 0 radical (unpaired) electrons. The van der Waals surface area contributed by atoms with Crippen LogP contribution in [0.25, 0.3) is 0 Å². The van der Waals surface area contributed by atoms with Crippen LogP contribution in [0.1, 0.15) is 52.2 Å². The molecule has 5 heteroatoms. The topological polar surface area (TPSA) is 41.1 Å². The second kappa shape index (κ2) is 7.43. The maximum atomic E-state index is 12.2. The number of fused-ring (bicyclic) bond motifs is 1. The molecule has 0 spiro atoms. The fourth-order valence-electron chi connectivity index (χ4n) is 3.01. The summed E-state index contributed by atoms with van der Waals surface area (Å²) in [5, 5.41) is 6.48. The number of amides is 1. The van der Waals surface area contributed by atoms with Gasteiger partial charge in [-0.25, -0.2) is 0 Å². The molecule has 20 heavy (non-hydrogen) atoms. The third-order valence-electron chi connectivity index (χ3n) is 4.14. The summed E-state index contributed by atoms with van der Waals surface area (Å²) in [6.45, 7) is 1.86. The molecule has 2 N–H and O–H groups in total. The van der Waals surface area contributed by atoms with E-state index in [2.05, 4.69) is 16.7 Å². The molecule has 2 heterocycles. The van der Waals surface area contributed by atoms with Gasteiger partial charge in [-0.15, -0.1) is 23.7 Å². The molecule has 1 aliphatic heterocycles. The lowest BCUT2D eigenvalue weighted by Crippen LogP contribution is -2.36. The smallest absolute Gasteiger partial charge is 0.261 e. The number of nitrogens with one attached hydrogen (secondary N) is 2. The molecular weight excluding hydrogens is 292 g/mol. The molecule has 3 rings (SSSR count). The summed E-state index contributed by atoms with van der Waals surface area (Å²) < 4.78 is 0. The molecule has 0 aromatic carbocycles. The molecular formula is C15H23ClN2OS. The van der Waals surface area contributed by atoms with Gasteiger partial charge in [0, 0.05) is 17.5 Å². The first-order valence-corrected chi connectivity index (χ1v) is 8.28. The number of carbonyl (C=O) groups excluding carboxylic acids is 1. The fraction of sp³-hybridized carbons (Fsp3) is 0.667. The third kappa shape index (κ3) is 3.74. The van der Waals surface area contributed by atoms with Gasteiger partial charge < -0.3 is 10.6 Å². The van der Waals surface area contributed by atoms with E-state index in [0.717, 1.165) is 30.8 Å². The van der Waals surface area contributed by atoms with E-state index in [0.29, 0.717) is 6.04 Å². The minimum absolute atomic E-state index is 0. The SMILES string of the molecule is Cl.O=C(NCC1CCCN1)c1cc2c(s1)CCCCC2. The normalized spacial score (nSPS) is 21.7. The summed E-state index contributed by atoms with van der Waals surface area (Å²) in [6.07, 6.45) is 8.61. The summed E-state index contributed by atoms with van der Waals surface area (Å²) in [5.41, 5.74) is 1.42. The monoisotopic (exact) mass is 314 g/mol. The number of carbonyl (C=O) groups is 1. The minimum Gasteiger partial charge on any atom is -0.350 e. The lowest BCUT2D eigenvalue weighted by atomic mass is 10.1. The second-order valence-electron chi connectivity index (χ2n) is 5.62. The Morgan fingerprint density at radius 3 is 2.95 bits per heavy atom. The van der Waals surface area contributed by atoms with Crippen LogP contribution in [0.5, 0.6) is 0 Å². The molecule has 1 amide bonds. The number of rotatable bonds is 3. The Kier molecular flexibility index (Phi) is 5.87. The van der Waals surface area contributed by atoms with Gasteiger partial charge in [0.15, 0.2) is 0 Å². The highest BCUT2D eigenvalue weighted by Gasteiger charge is 2.18. The number of hydrogen-bond acceptors (Lipinski definition) is 3. The molecule has 1 fully saturated rings. The molecule has 1 aromatic heterocycles. The van der Waals surface area contributed by atoms with Crippen molar-refractivity contribution in [2.24, 2.45) is 0 Å². The Labute approximate surface area is 130 Å². The van der Waals surface area contributed by atoms with E-state index in [-0.39, 0.29) is 18.3 Å². The summed E-state index contributed by atoms with van der Waals surface area (Å²) in [6, 6.07) is 2.60. The standard InChI is InChI=1S/C15H22N2OS.ClH/c18-15(17-10-12-6-4-8-16-12)14-9-11-5-2-1-3-7-13(11)19-14;/h9,12,16H,1-8,10H2,(H,17,18);1H. The van der Waals surface area contributed by atoms with Crippen molar-refractivity contribution in [1.29, 1.82) is 0 Å². The molecule has 1 atom stereocenters. The lowest BCUT2D eigenvalue weighted by Gasteiger charge is -2.10. The molecule has 112 valence electrons. The second-order valence-corrected chi connectivity index (χ2v) is 6.76. The van der Waals surface area contributed by atoms with Crippen molar-refractivity contribution in [2.45, 2.75) is 51.0 Å². The maximum absolute atomic E-state index is 12.2. The van der Waals surface area contributed by atoms with E-state index >= 15 is 0 Å². The van der Waals surface area contributed by atoms with Gasteiger partial charge in [-0.1, -0.05) is 6.42 Å². The highest BCUT2D eigenvalue weighted by molar-refractivity contribution is 7.14. The first-order chi connectivity index (χ1) is 9.33. The maximum Gasteiger partial charge on any atom is 0.261 e. The zero-order valence-electron chi connectivity index (χ0n) is 11.7. The molecule has 3 nitrogen and oxygen atoms in total. The average molecular weight is 315 g/mol. The van der Waals surface area contributed by atoms with Gasteiger partial charge in [-0.2, -0.15) is 0 Å². The van der Waals surface area contributed by atoms with E-state index in [1.807, 2.05) is 0 Å². The van der Waals surface area contributed by atoms with Crippen LogP contribution >= 0.6 is 23.7 Å². The van der Waals surface area contributed by atoms with Gasteiger partial charge in [0.1, 0.15) is 0 Å². The van der Waals surface area contributed by atoms with Gasteiger partial charge >= 0.3 is 0 Å². The molecule has 0 saturated carbocycles. The van der Waals surface area contributed by atoms with Gasteiger partial charge in [0.2, 0.25) is 0 Å². The Hall–Kier alpha value is -0.580. The van der Waals surface area contributed by atoms with Crippen molar-refractivity contribution in [2.75, 3.05) is 13.1 Å².